The van der Waals surface area contributed by atoms with Gasteiger partial charge in [-0.3, -0.25) is 0 Å². The second-order valence-electron chi connectivity index (χ2n) is 12.7. The van der Waals surface area contributed by atoms with Crippen molar-refractivity contribution in [3.8, 4) is 33.4 Å². The minimum atomic E-state index is -0.686. The van der Waals surface area contributed by atoms with Crippen LogP contribution in [0.2, 0.25) is 0 Å². The Labute approximate surface area is 324 Å². The predicted molar refractivity (Wildman–Crippen MR) is 219 cm³/mol. The highest BCUT2D eigenvalue weighted by Gasteiger charge is 2.52. The van der Waals surface area contributed by atoms with Crippen LogP contribution in [0.5, 0.6) is 0 Å². The Kier molecular flexibility index (Phi) is 12.9. The third-order valence-corrected chi connectivity index (χ3v) is 10.4. The lowest BCUT2D eigenvalue weighted by atomic mass is 9.77. The van der Waals surface area contributed by atoms with Gasteiger partial charge < -0.3 is 9.31 Å². The van der Waals surface area contributed by atoms with Crippen molar-refractivity contribution >= 4 is 67.0 Å². The Morgan fingerprint density at radius 1 is 0.500 bits per heavy atom. The van der Waals surface area contributed by atoms with Crippen molar-refractivity contribution < 1.29 is 18.1 Å². The molecule has 254 valence electrons. The first-order valence-electron chi connectivity index (χ1n) is 16.1. The maximum Gasteiger partial charge on any atom is 0.497 e. The molecule has 50 heavy (non-hydrogen) atoms. The van der Waals surface area contributed by atoms with E-state index in [1.165, 1.54) is 15.7 Å². The van der Waals surface area contributed by atoms with Gasteiger partial charge in [-0.25, -0.2) is 8.78 Å². The van der Waals surface area contributed by atoms with Crippen LogP contribution in [-0.2, 0) is 9.31 Å². The Bertz CT molecular complexity index is 1970. The molecule has 0 aromatic heterocycles. The maximum absolute atomic E-state index is 14.3. The van der Waals surface area contributed by atoms with E-state index in [9.17, 15) is 8.78 Å². The maximum atomic E-state index is 14.3. The summed E-state index contributed by atoms with van der Waals surface area (Å²) < 4.78 is 43.7. The second-order valence-corrected chi connectivity index (χ2v) is 15.8. The molecule has 7 rings (SSSR count). The summed E-state index contributed by atoms with van der Waals surface area (Å²) in [5, 5.41) is 0. The molecular weight excluding hydrogens is 872 g/mol. The molecular formula is C42H36BBr2F2IO2. The van der Waals surface area contributed by atoms with Crippen molar-refractivity contribution in [3.05, 3.63) is 170 Å². The van der Waals surface area contributed by atoms with Crippen LogP contribution in [0.1, 0.15) is 27.7 Å². The van der Waals surface area contributed by atoms with Gasteiger partial charge in [0.1, 0.15) is 11.6 Å². The molecule has 0 amide bonds. The van der Waals surface area contributed by atoms with E-state index in [1.54, 1.807) is 6.07 Å². The van der Waals surface area contributed by atoms with Gasteiger partial charge >= 0.3 is 7.12 Å². The zero-order valence-corrected chi connectivity index (χ0v) is 33.5. The molecule has 1 fully saturated rings. The molecule has 6 aromatic rings. The standard InChI is InChI=1S/C18H20BFO2.C18H12BrF.C6H4BrI/c1-17(2)18(3,4)22-19(21-17)15-12-14(10-11-16(15)20)13-8-6-5-7-9-13;19-16-9-6-14(7-10-16)17-12-15(8-11-18(17)20)13-4-2-1-3-5-13;7-5-1-3-6(8)4-2-5/h5-12H,1-4H3;1-12H;1-4H. The zero-order chi connectivity index (χ0) is 35.9. The fourth-order valence-corrected chi connectivity index (χ4v) is 6.01. The minimum absolute atomic E-state index is 0.202. The number of hydrogen-bond acceptors (Lipinski definition) is 2. The van der Waals surface area contributed by atoms with E-state index in [4.69, 9.17) is 9.31 Å². The van der Waals surface area contributed by atoms with Crippen LogP contribution in [0.3, 0.4) is 0 Å². The topological polar surface area (TPSA) is 18.5 Å². The first-order chi connectivity index (χ1) is 23.8. The highest BCUT2D eigenvalue weighted by atomic mass is 127. The van der Waals surface area contributed by atoms with Crippen molar-refractivity contribution in [3.63, 3.8) is 0 Å². The van der Waals surface area contributed by atoms with Crippen molar-refractivity contribution in [2.75, 3.05) is 0 Å². The summed E-state index contributed by atoms with van der Waals surface area (Å²) in [6.07, 6.45) is 0. The van der Waals surface area contributed by atoms with E-state index < -0.39 is 18.3 Å². The van der Waals surface area contributed by atoms with E-state index in [-0.39, 0.29) is 11.6 Å². The van der Waals surface area contributed by atoms with Crippen LogP contribution >= 0.6 is 54.5 Å². The predicted octanol–water partition coefficient (Wildman–Crippen LogP) is 12.8. The van der Waals surface area contributed by atoms with E-state index in [0.717, 1.165) is 36.8 Å². The van der Waals surface area contributed by atoms with Crippen molar-refractivity contribution in [2.45, 2.75) is 38.9 Å². The summed E-state index contributed by atoms with van der Waals surface area (Å²) >= 11 is 9.01. The van der Waals surface area contributed by atoms with Gasteiger partial charge in [0.2, 0.25) is 0 Å². The first kappa shape index (κ1) is 38.1. The van der Waals surface area contributed by atoms with Gasteiger partial charge in [-0.15, -0.1) is 0 Å². The fourth-order valence-electron chi connectivity index (χ4n) is 5.12. The largest absolute Gasteiger partial charge is 0.497 e. The Morgan fingerprint density at radius 3 is 1.40 bits per heavy atom. The molecule has 1 aliphatic rings. The number of hydrogen-bond donors (Lipinski definition) is 0. The Morgan fingerprint density at radius 2 is 0.920 bits per heavy atom. The molecule has 0 N–H and O–H groups in total. The number of halogens is 5. The van der Waals surface area contributed by atoms with Crippen molar-refractivity contribution in [1.29, 1.82) is 0 Å². The van der Waals surface area contributed by atoms with Crippen molar-refractivity contribution in [1.82, 2.24) is 0 Å². The van der Waals surface area contributed by atoms with Gasteiger partial charge in [-0.2, -0.15) is 0 Å². The van der Waals surface area contributed by atoms with E-state index in [0.29, 0.717) is 11.0 Å². The molecule has 0 radical (unpaired) electrons. The minimum Gasteiger partial charge on any atom is -0.399 e. The first-order valence-corrected chi connectivity index (χ1v) is 18.7. The summed E-state index contributed by atoms with van der Waals surface area (Å²) in [5.74, 6) is -0.509. The molecule has 1 saturated heterocycles. The third kappa shape index (κ3) is 9.79. The average molecular weight is 908 g/mol. The van der Waals surface area contributed by atoms with Gasteiger partial charge in [0.15, 0.2) is 0 Å². The molecule has 2 nitrogen and oxygen atoms in total. The van der Waals surface area contributed by atoms with E-state index in [2.05, 4.69) is 66.6 Å². The molecule has 0 bridgehead atoms. The summed E-state index contributed by atoms with van der Waals surface area (Å²) in [6, 6.07) is 46.0. The second kappa shape index (κ2) is 16.9. The fraction of sp³-hybridized carbons (Fsp3) is 0.143. The van der Waals surface area contributed by atoms with Crippen LogP contribution in [0.4, 0.5) is 8.78 Å². The van der Waals surface area contributed by atoms with Crippen LogP contribution in [-0.4, -0.2) is 18.3 Å². The Balaban J connectivity index is 0.000000160. The van der Waals surface area contributed by atoms with Crippen LogP contribution in [0.15, 0.2) is 155 Å². The molecule has 8 heteroatoms. The lowest BCUT2D eigenvalue weighted by Crippen LogP contribution is -2.41. The number of rotatable bonds is 4. The molecule has 0 aliphatic carbocycles. The van der Waals surface area contributed by atoms with Gasteiger partial charge in [0.05, 0.1) is 11.2 Å². The smallest absolute Gasteiger partial charge is 0.399 e. The van der Waals surface area contributed by atoms with Gasteiger partial charge in [0.25, 0.3) is 0 Å². The summed E-state index contributed by atoms with van der Waals surface area (Å²) in [7, 11) is -0.686. The summed E-state index contributed by atoms with van der Waals surface area (Å²) in [6.45, 7) is 7.86. The quantitative estimate of drug-likeness (QED) is 0.130. The molecule has 0 spiro atoms. The average Bonchev–Trinajstić information content (AvgIpc) is 3.34. The highest BCUT2D eigenvalue weighted by molar-refractivity contribution is 14.1. The number of benzene rings is 6. The van der Waals surface area contributed by atoms with E-state index in [1.807, 2.05) is 143 Å². The molecule has 1 heterocycles. The molecule has 0 saturated carbocycles. The molecule has 6 aromatic carbocycles. The molecule has 0 unspecified atom stereocenters. The van der Waals surface area contributed by atoms with Crippen LogP contribution in [0, 0.1) is 15.2 Å². The lowest BCUT2D eigenvalue weighted by molar-refractivity contribution is 0.00578. The normalized spacial score (nSPS) is 14.2. The highest BCUT2D eigenvalue weighted by Crippen LogP contribution is 2.37. The van der Waals surface area contributed by atoms with Crippen molar-refractivity contribution in [2.24, 2.45) is 0 Å². The zero-order valence-electron chi connectivity index (χ0n) is 28.1. The SMILES string of the molecule is Brc1ccc(I)cc1.CC1(C)OB(c2cc(-c3ccccc3)ccc2F)OC1(C)C.Fc1ccc(-c2ccccc2)cc1-c1ccc(Br)cc1. The van der Waals surface area contributed by atoms with Crippen LogP contribution < -0.4 is 5.46 Å². The molecule has 1 aliphatic heterocycles. The van der Waals surface area contributed by atoms with Gasteiger partial charge in [0, 0.05) is 23.5 Å². The van der Waals surface area contributed by atoms with Gasteiger partial charge in [-0.05, 0) is 133 Å². The van der Waals surface area contributed by atoms with E-state index >= 15 is 0 Å². The van der Waals surface area contributed by atoms with Gasteiger partial charge in [-0.1, -0.05) is 123 Å². The summed E-state index contributed by atoms with van der Waals surface area (Å²) in [5.41, 5.74) is 5.09. The lowest BCUT2D eigenvalue weighted by Gasteiger charge is -2.32. The molecule has 0 atom stereocenters. The monoisotopic (exact) mass is 906 g/mol. The van der Waals surface area contributed by atoms with Crippen LogP contribution in [0.25, 0.3) is 33.4 Å². The summed E-state index contributed by atoms with van der Waals surface area (Å²) in [4.78, 5) is 0. The third-order valence-electron chi connectivity index (χ3n) is 8.64. The Hall–Kier alpha value is -3.15.